The van der Waals surface area contributed by atoms with Crippen LogP contribution < -0.4 is 5.69 Å². The van der Waals surface area contributed by atoms with Gasteiger partial charge in [0.15, 0.2) is 14.8 Å². The highest BCUT2D eigenvalue weighted by molar-refractivity contribution is 7.91. The van der Waals surface area contributed by atoms with E-state index in [1.54, 1.807) is 0 Å². The second-order valence-corrected chi connectivity index (χ2v) is 10.5. The largest absolute Gasteiger partial charge is 0.383 e. The third kappa shape index (κ3) is 4.01. The van der Waals surface area contributed by atoms with E-state index in [1.165, 1.54) is 29.9 Å². The minimum atomic E-state index is -3.83. The Balaban J connectivity index is 1.87. The molecule has 13 heteroatoms. The second-order valence-electron chi connectivity index (χ2n) is 7.53. The molecule has 0 N–H and O–H groups in total. The van der Waals surface area contributed by atoms with Crippen LogP contribution in [-0.2, 0) is 21.1 Å². The molecule has 3 aromatic rings. The number of methoxy groups -OCH3 is 1. The smallest absolute Gasteiger partial charge is 0.335 e. The van der Waals surface area contributed by atoms with E-state index in [0.717, 1.165) is 4.57 Å². The summed E-state index contributed by atoms with van der Waals surface area (Å²) in [6.07, 6.45) is -1.84. The summed E-state index contributed by atoms with van der Waals surface area (Å²) in [5, 5.41) is 6.46. The molecular weight excluding hydrogens is 457 g/mol. The molecule has 1 aromatic carbocycles. The van der Waals surface area contributed by atoms with Gasteiger partial charge in [-0.2, -0.15) is 0 Å². The van der Waals surface area contributed by atoms with Crippen molar-refractivity contribution < 1.29 is 26.3 Å². The van der Waals surface area contributed by atoms with Gasteiger partial charge in [-0.1, -0.05) is 11.3 Å². The monoisotopic (exact) mass is 476 g/mol. The van der Waals surface area contributed by atoms with Crippen molar-refractivity contribution in [1.82, 2.24) is 19.3 Å². The first-order valence-electron chi connectivity index (χ1n) is 9.36. The predicted octanol–water partition coefficient (Wildman–Crippen LogP) is 2.75. The molecule has 0 atom stereocenters. The summed E-state index contributed by atoms with van der Waals surface area (Å²) in [7, 11) is -2.36. The van der Waals surface area contributed by atoms with Crippen LogP contribution >= 0.6 is 11.3 Å². The lowest BCUT2D eigenvalue weighted by atomic mass is 10.2. The van der Waals surface area contributed by atoms with E-state index in [9.17, 15) is 26.4 Å². The van der Waals surface area contributed by atoms with Crippen molar-refractivity contribution in [1.29, 1.82) is 0 Å². The summed E-state index contributed by atoms with van der Waals surface area (Å²) < 4.78 is 72.5. The van der Waals surface area contributed by atoms with Crippen LogP contribution in [0.3, 0.4) is 0 Å². The Morgan fingerprint density at radius 2 is 2.00 bits per heavy atom. The molecule has 168 valence electrons. The number of fused-ring (bicyclic) bond motifs is 1. The van der Waals surface area contributed by atoms with Gasteiger partial charge in [0.05, 0.1) is 41.5 Å². The van der Waals surface area contributed by atoms with E-state index in [2.05, 4.69) is 10.2 Å². The first-order valence-corrected chi connectivity index (χ1v) is 11.8. The van der Waals surface area contributed by atoms with Crippen LogP contribution in [0.4, 0.5) is 13.2 Å². The van der Waals surface area contributed by atoms with E-state index in [0.29, 0.717) is 29.7 Å². The fourth-order valence-electron chi connectivity index (χ4n) is 3.40. The van der Waals surface area contributed by atoms with Crippen LogP contribution in [0, 0.1) is 5.41 Å². The molecule has 1 fully saturated rings. The van der Waals surface area contributed by atoms with Crippen molar-refractivity contribution >= 4 is 32.2 Å². The Morgan fingerprint density at radius 1 is 1.26 bits per heavy atom. The minimum absolute atomic E-state index is 0.0732. The van der Waals surface area contributed by atoms with E-state index in [4.69, 9.17) is 4.74 Å². The lowest BCUT2D eigenvalue weighted by Crippen LogP contribution is -2.24. The molecule has 31 heavy (non-hydrogen) atoms. The van der Waals surface area contributed by atoms with Gasteiger partial charge in [-0.15, -0.1) is 10.2 Å². The maximum atomic E-state index is 13.3. The maximum absolute atomic E-state index is 13.3. The van der Waals surface area contributed by atoms with Crippen molar-refractivity contribution in [3.63, 3.8) is 0 Å². The molecule has 0 spiro atoms. The van der Waals surface area contributed by atoms with Gasteiger partial charge in [0, 0.05) is 12.5 Å². The molecule has 1 saturated carbocycles. The van der Waals surface area contributed by atoms with Gasteiger partial charge in [-0.05, 0) is 31.0 Å². The van der Waals surface area contributed by atoms with Gasteiger partial charge in [0.25, 0.3) is 6.43 Å². The first kappa shape index (κ1) is 22.0. The number of rotatable bonds is 9. The van der Waals surface area contributed by atoms with Crippen molar-refractivity contribution in [2.24, 2.45) is 5.41 Å². The number of benzene rings is 1. The molecule has 2 heterocycles. The van der Waals surface area contributed by atoms with Crippen molar-refractivity contribution in [2.75, 3.05) is 26.1 Å². The van der Waals surface area contributed by atoms with Gasteiger partial charge in [-0.3, -0.25) is 8.96 Å². The quantitative estimate of drug-likeness (QED) is 0.471. The van der Waals surface area contributed by atoms with Crippen molar-refractivity contribution in [2.45, 2.75) is 30.7 Å². The van der Waals surface area contributed by atoms with E-state index in [1.807, 2.05) is 0 Å². The summed E-state index contributed by atoms with van der Waals surface area (Å²) in [6, 6.07) is 4.14. The fraction of sp³-hybridized carbons (Fsp3) is 0.500. The highest BCUT2D eigenvalue weighted by atomic mass is 32.2. The van der Waals surface area contributed by atoms with Gasteiger partial charge >= 0.3 is 5.69 Å². The van der Waals surface area contributed by atoms with Crippen molar-refractivity contribution in [3.05, 3.63) is 33.7 Å². The SMILES string of the molecule is COCCn1c(=O)n(-c2nnc(C(F)F)s2)c2cc(S(=O)(=O)CC3(CF)CC3)ccc21. The van der Waals surface area contributed by atoms with Crippen LogP contribution in [0.1, 0.15) is 24.3 Å². The minimum Gasteiger partial charge on any atom is -0.383 e. The average molecular weight is 477 g/mol. The predicted molar refractivity (Wildman–Crippen MR) is 108 cm³/mol. The lowest BCUT2D eigenvalue weighted by molar-refractivity contribution is 0.150. The average Bonchev–Trinajstić information content (AvgIpc) is 3.20. The maximum Gasteiger partial charge on any atom is 0.335 e. The number of ether oxygens (including phenoxy) is 1. The van der Waals surface area contributed by atoms with Crippen LogP contribution in [0.2, 0.25) is 0 Å². The third-order valence-corrected chi connectivity index (χ3v) is 8.20. The topological polar surface area (TPSA) is 96.1 Å². The van der Waals surface area contributed by atoms with Gasteiger partial charge < -0.3 is 4.74 Å². The summed E-state index contributed by atoms with van der Waals surface area (Å²) in [5.41, 5.74) is -0.852. The fourth-order valence-corrected chi connectivity index (χ4v) is 6.01. The normalized spacial score (nSPS) is 15.8. The Bertz CT molecular complexity index is 1280. The second kappa shape index (κ2) is 8.02. The standard InChI is InChI=1S/C18H19F3N4O4S2/c1-29-7-6-24-12-3-2-11(31(27,28)10-18(9-19)4-5-18)8-13(12)25(17(24)26)16-23-22-15(30-16)14(20)21/h2-3,8,14H,4-7,9-10H2,1H3. The van der Waals surface area contributed by atoms with Crippen LogP contribution in [-0.4, -0.2) is 53.9 Å². The molecule has 0 unspecified atom stereocenters. The number of hydrogen-bond acceptors (Lipinski definition) is 7. The van der Waals surface area contributed by atoms with Crippen LogP contribution in [0.15, 0.2) is 27.9 Å². The van der Waals surface area contributed by atoms with Gasteiger partial charge in [0.1, 0.15) is 0 Å². The Morgan fingerprint density at radius 3 is 2.58 bits per heavy atom. The molecule has 2 aromatic heterocycles. The molecule has 0 saturated heterocycles. The van der Waals surface area contributed by atoms with Gasteiger partial charge in [0.2, 0.25) is 5.13 Å². The van der Waals surface area contributed by atoms with Crippen molar-refractivity contribution in [3.8, 4) is 5.13 Å². The molecule has 0 bridgehead atoms. The number of hydrogen-bond donors (Lipinski definition) is 0. The molecule has 0 aliphatic heterocycles. The number of imidazole rings is 1. The summed E-state index contributed by atoms with van der Waals surface area (Å²) in [6.45, 7) is -0.347. The molecule has 4 rings (SSSR count). The van der Waals surface area contributed by atoms with Crippen LogP contribution in [0.5, 0.6) is 0 Å². The zero-order valence-corrected chi connectivity index (χ0v) is 18.1. The Kier molecular flexibility index (Phi) is 5.68. The summed E-state index contributed by atoms with van der Waals surface area (Å²) >= 11 is 0.544. The highest BCUT2D eigenvalue weighted by Crippen LogP contribution is 2.48. The number of alkyl halides is 3. The molecule has 1 aliphatic carbocycles. The van der Waals surface area contributed by atoms with Crippen LogP contribution in [0.25, 0.3) is 16.2 Å². The number of halogens is 3. The van der Waals surface area contributed by atoms with E-state index < -0.39 is 39.0 Å². The van der Waals surface area contributed by atoms with E-state index >= 15 is 0 Å². The molecule has 0 radical (unpaired) electrons. The zero-order valence-electron chi connectivity index (χ0n) is 16.4. The zero-order chi connectivity index (χ0) is 22.4. The lowest BCUT2D eigenvalue weighted by Gasteiger charge is -2.11. The van der Waals surface area contributed by atoms with Gasteiger partial charge in [-0.25, -0.2) is 26.6 Å². The molecular formula is C18H19F3N4O4S2. The third-order valence-electron chi connectivity index (χ3n) is 5.32. The number of nitrogens with zero attached hydrogens (tertiary/aromatic N) is 4. The Labute approximate surface area is 179 Å². The van der Waals surface area contributed by atoms with E-state index in [-0.39, 0.29) is 34.4 Å². The molecule has 8 nitrogen and oxygen atoms in total. The summed E-state index contributed by atoms with van der Waals surface area (Å²) in [5.74, 6) is -0.328. The Hall–Kier alpha value is -2.25. The number of sulfone groups is 1. The highest BCUT2D eigenvalue weighted by Gasteiger charge is 2.46. The summed E-state index contributed by atoms with van der Waals surface area (Å²) in [4.78, 5) is 13.0. The first-order chi connectivity index (χ1) is 14.7. The number of aromatic nitrogens is 4. The molecule has 0 amide bonds. The molecule has 1 aliphatic rings.